The Morgan fingerprint density at radius 3 is 1.56 bits per heavy atom. The van der Waals surface area contributed by atoms with Crippen LogP contribution < -0.4 is 33.6 Å². The Balaban J connectivity index is 1.64. The van der Waals surface area contributed by atoms with Gasteiger partial charge in [0.1, 0.15) is 17.7 Å². The van der Waals surface area contributed by atoms with Crippen LogP contribution >= 0.6 is 0 Å². The zero-order valence-electron chi connectivity index (χ0n) is 19.5. The summed E-state index contributed by atoms with van der Waals surface area (Å²) in [5, 5.41) is 5.55. The van der Waals surface area contributed by atoms with Crippen LogP contribution in [0.2, 0.25) is 0 Å². The molecule has 0 radical (unpaired) electrons. The molecule has 186 valence electrons. The third kappa shape index (κ3) is 8.09. The van der Waals surface area contributed by atoms with Crippen LogP contribution in [0.5, 0.6) is 0 Å². The van der Waals surface area contributed by atoms with Gasteiger partial charge in [-0.3, -0.25) is 19.6 Å². The van der Waals surface area contributed by atoms with Crippen LogP contribution in [0.4, 0.5) is 11.4 Å². The van der Waals surface area contributed by atoms with Gasteiger partial charge in [0.2, 0.25) is 0 Å². The molecule has 0 aliphatic heterocycles. The van der Waals surface area contributed by atoms with E-state index >= 15 is 0 Å². The highest BCUT2D eigenvalue weighted by atomic mass is 16.2. The van der Waals surface area contributed by atoms with E-state index in [4.69, 9.17) is 22.9 Å². The zero-order valence-corrected chi connectivity index (χ0v) is 19.5. The Kier molecular flexibility index (Phi) is 8.87. The molecule has 1 heterocycles. The van der Waals surface area contributed by atoms with Gasteiger partial charge in [-0.2, -0.15) is 0 Å². The molecule has 0 aliphatic carbocycles. The summed E-state index contributed by atoms with van der Waals surface area (Å²) in [6.45, 7) is 0.868. The molecule has 10 N–H and O–H groups in total. The first kappa shape index (κ1) is 25.6. The minimum absolute atomic E-state index is 0.0265. The first-order valence-electron chi connectivity index (χ1n) is 11.0. The van der Waals surface area contributed by atoms with Gasteiger partial charge in [0.05, 0.1) is 0 Å². The van der Waals surface area contributed by atoms with Crippen LogP contribution in [0.25, 0.3) is 0 Å². The molecule has 0 atom stereocenters. The molecule has 0 saturated carbocycles. The summed E-state index contributed by atoms with van der Waals surface area (Å²) in [5.41, 5.74) is 24.5. The van der Waals surface area contributed by atoms with E-state index < -0.39 is 11.8 Å². The molecule has 0 saturated heterocycles. The molecule has 3 aromatic rings. The molecule has 1 aromatic heterocycles. The second kappa shape index (κ2) is 12.5. The Hall–Kier alpha value is -5.00. The fourth-order valence-electron chi connectivity index (χ4n) is 3.23. The summed E-state index contributed by atoms with van der Waals surface area (Å²) < 4.78 is 0. The molecular formula is C24H28N10O2. The average molecular weight is 489 g/mol. The summed E-state index contributed by atoms with van der Waals surface area (Å²) in [4.78, 5) is 41.4. The van der Waals surface area contributed by atoms with Crippen molar-refractivity contribution < 1.29 is 9.59 Å². The third-order valence-electron chi connectivity index (χ3n) is 4.89. The fraction of sp³-hybridized carbons (Fsp3) is 0.167. The molecule has 2 amide bonds. The normalized spacial score (nSPS) is 10.2. The zero-order chi connectivity index (χ0) is 25.9. The Morgan fingerprint density at radius 2 is 1.14 bits per heavy atom. The van der Waals surface area contributed by atoms with Crippen LogP contribution in [0, 0.1) is 0 Å². The van der Waals surface area contributed by atoms with Crippen LogP contribution in [0.15, 0.2) is 70.9 Å². The SMILES string of the molecule is NC(N)=NCCc1cccc(NC(=O)c2cc(C(=O)Nc3cccc(CCN=C(N)N)c3)ncn2)c1. The van der Waals surface area contributed by atoms with Gasteiger partial charge in [0.25, 0.3) is 11.8 Å². The third-order valence-corrected chi connectivity index (χ3v) is 4.89. The number of amides is 2. The van der Waals surface area contributed by atoms with Crippen molar-refractivity contribution in [3.05, 3.63) is 83.4 Å². The monoisotopic (exact) mass is 488 g/mol. The highest BCUT2D eigenvalue weighted by Gasteiger charge is 2.14. The lowest BCUT2D eigenvalue weighted by molar-refractivity contribution is 0.102. The number of aliphatic imine (C=N–C) groups is 2. The van der Waals surface area contributed by atoms with Crippen molar-refractivity contribution in [2.45, 2.75) is 12.8 Å². The number of nitrogens with two attached hydrogens (primary N) is 4. The Labute approximate surface area is 207 Å². The average Bonchev–Trinajstić information content (AvgIpc) is 2.84. The number of nitrogens with one attached hydrogen (secondary N) is 2. The maximum absolute atomic E-state index is 12.7. The van der Waals surface area contributed by atoms with E-state index in [2.05, 4.69) is 30.6 Å². The number of carbonyl (C=O) groups excluding carboxylic acids is 2. The lowest BCUT2D eigenvalue weighted by Crippen LogP contribution is -2.23. The number of hydrogen-bond acceptors (Lipinski definition) is 6. The van der Waals surface area contributed by atoms with Gasteiger partial charge in [-0.15, -0.1) is 0 Å². The van der Waals surface area contributed by atoms with Crippen molar-refractivity contribution in [2.75, 3.05) is 23.7 Å². The summed E-state index contributed by atoms with van der Waals surface area (Å²) >= 11 is 0. The molecule has 0 fully saturated rings. The van der Waals surface area contributed by atoms with Crippen molar-refractivity contribution >= 4 is 35.1 Å². The van der Waals surface area contributed by atoms with Crippen LogP contribution in [-0.4, -0.2) is 46.8 Å². The van der Waals surface area contributed by atoms with Crippen LogP contribution in [0.1, 0.15) is 32.1 Å². The fourth-order valence-corrected chi connectivity index (χ4v) is 3.23. The van der Waals surface area contributed by atoms with E-state index in [0.29, 0.717) is 37.3 Å². The molecule has 0 aliphatic rings. The van der Waals surface area contributed by atoms with Gasteiger partial charge in [0.15, 0.2) is 11.9 Å². The van der Waals surface area contributed by atoms with E-state index in [1.807, 2.05) is 36.4 Å². The Morgan fingerprint density at radius 1 is 0.694 bits per heavy atom. The van der Waals surface area contributed by atoms with Crippen LogP contribution in [0.3, 0.4) is 0 Å². The molecule has 3 rings (SSSR count). The molecule has 0 spiro atoms. The quantitative estimate of drug-likeness (QED) is 0.175. The number of anilines is 2. The van der Waals surface area contributed by atoms with Crippen molar-refractivity contribution in [1.82, 2.24) is 9.97 Å². The maximum atomic E-state index is 12.7. The number of hydrogen-bond donors (Lipinski definition) is 6. The van der Waals surface area contributed by atoms with E-state index in [0.717, 1.165) is 11.1 Å². The molecule has 36 heavy (non-hydrogen) atoms. The van der Waals surface area contributed by atoms with Gasteiger partial charge in [-0.1, -0.05) is 24.3 Å². The second-order valence-electron chi connectivity index (χ2n) is 7.71. The van der Waals surface area contributed by atoms with E-state index in [9.17, 15) is 9.59 Å². The Bertz CT molecular complexity index is 1190. The van der Waals surface area contributed by atoms with Crippen molar-refractivity contribution in [1.29, 1.82) is 0 Å². The van der Waals surface area contributed by atoms with Gasteiger partial charge in [-0.25, -0.2) is 9.97 Å². The molecule has 2 aromatic carbocycles. The highest BCUT2D eigenvalue weighted by molar-refractivity contribution is 6.06. The predicted octanol–water partition coefficient (Wildman–Crippen LogP) is 0.613. The maximum Gasteiger partial charge on any atom is 0.274 e. The smallest absolute Gasteiger partial charge is 0.274 e. The summed E-state index contributed by atoms with van der Waals surface area (Å²) in [6.07, 6.45) is 2.38. The van der Waals surface area contributed by atoms with Gasteiger partial charge >= 0.3 is 0 Å². The van der Waals surface area contributed by atoms with E-state index in [-0.39, 0.29) is 23.3 Å². The van der Waals surface area contributed by atoms with Gasteiger partial charge in [0, 0.05) is 30.5 Å². The van der Waals surface area contributed by atoms with Crippen molar-refractivity contribution in [3.63, 3.8) is 0 Å². The minimum Gasteiger partial charge on any atom is -0.370 e. The number of carbonyl (C=O) groups is 2. The largest absolute Gasteiger partial charge is 0.370 e. The van der Waals surface area contributed by atoms with Crippen molar-refractivity contribution in [3.8, 4) is 0 Å². The molecule has 0 unspecified atom stereocenters. The lowest BCUT2D eigenvalue weighted by atomic mass is 10.1. The predicted molar refractivity (Wildman–Crippen MR) is 140 cm³/mol. The molecule has 12 nitrogen and oxygen atoms in total. The standard InChI is InChI=1S/C24H28N10O2/c25-23(26)29-9-7-15-3-1-5-17(11-15)33-21(35)19-13-20(32-14-31-19)22(36)34-18-6-2-4-16(12-18)8-10-30-24(27)28/h1-6,11-14H,7-10H2,(H,33,35)(H,34,36)(H4,25,26,29)(H4,27,28,30). The topological polar surface area (TPSA) is 213 Å². The number of rotatable bonds is 10. The summed E-state index contributed by atoms with van der Waals surface area (Å²) in [6, 6.07) is 15.9. The van der Waals surface area contributed by atoms with Crippen molar-refractivity contribution in [2.24, 2.45) is 32.9 Å². The summed E-state index contributed by atoms with van der Waals surface area (Å²) in [5.74, 6) is -0.902. The van der Waals surface area contributed by atoms with E-state index in [1.165, 1.54) is 12.4 Å². The minimum atomic E-state index is -0.477. The number of guanidine groups is 2. The number of benzene rings is 2. The molecule has 0 bridgehead atoms. The number of nitrogens with zero attached hydrogens (tertiary/aromatic N) is 4. The lowest BCUT2D eigenvalue weighted by Gasteiger charge is -2.09. The molecular weight excluding hydrogens is 460 g/mol. The van der Waals surface area contributed by atoms with E-state index in [1.54, 1.807) is 12.1 Å². The van der Waals surface area contributed by atoms with Gasteiger partial charge in [-0.05, 0) is 48.2 Å². The summed E-state index contributed by atoms with van der Waals surface area (Å²) in [7, 11) is 0. The van der Waals surface area contributed by atoms with Gasteiger partial charge < -0.3 is 33.6 Å². The van der Waals surface area contributed by atoms with Crippen LogP contribution in [-0.2, 0) is 12.8 Å². The second-order valence-corrected chi connectivity index (χ2v) is 7.71. The molecule has 12 heteroatoms. The highest BCUT2D eigenvalue weighted by Crippen LogP contribution is 2.15. The number of aromatic nitrogens is 2. The first-order chi connectivity index (χ1) is 17.3. The first-order valence-corrected chi connectivity index (χ1v) is 11.0.